The Morgan fingerprint density at radius 1 is 1.25 bits per heavy atom. The number of nitrogens with zero attached hydrogens (tertiary/aromatic N) is 2. The van der Waals surface area contributed by atoms with Gasteiger partial charge in [-0.1, -0.05) is 13.8 Å². The van der Waals surface area contributed by atoms with Crippen LogP contribution < -0.4 is 10.1 Å². The highest BCUT2D eigenvalue weighted by atomic mass is 19.4. The standard InChI is InChI=1S/C20H20F3N3O2/c1-13(2)9-18(19(27)26-12-14-5-7-25-8-6-14)28-16-4-3-15(11-24)17(10-16)20(21,22)23/h3-8,10,13,18H,9,12H2,1-2H3,(H,26,27). The van der Waals surface area contributed by atoms with Crippen LogP contribution in [-0.2, 0) is 17.5 Å². The van der Waals surface area contributed by atoms with Gasteiger partial charge in [-0.05, 0) is 48.2 Å². The van der Waals surface area contributed by atoms with Crippen molar-refractivity contribution in [2.45, 2.75) is 39.1 Å². The Morgan fingerprint density at radius 2 is 1.93 bits per heavy atom. The number of rotatable bonds is 7. The highest BCUT2D eigenvalue weighted by Crippen LogP contribution is 2.34. The lowest BCUT2D eigenvalue weighted by Crippen LogP contribution is -2.39. The fourth-order valence-electron chi connectivity index (χ4n) is 2.53. The van der Waals surface area contributed by atoms with Gasteiger partial charge in [0.05, 0.1) is 17.2 Å². The van der Waals surface area contributed by atoms with Crippen molar-refractivity contribution in [3.8, 4) is 11.8 Å². The molecule has 5 nitrogen and oxygen atoms in total. The first-order chi connectivity index (χ1) is 13.2. The van der Waals surface area contributed by atoms with Gasteiger partial charge in [-0.15, -0.1) is 0 Å². The number of halogens is 3. The van der Waals surface area contributed by atoms with Crippen LogP contribution in [0, 0.1) is 17.2 Å². The zero-order valence-corrected chi connectivity index (χ0v) is 15.5. The van der Waals surface area contributed by atoms with Gasteiger partial charge in [0.2, 0.25) is 0 Å². The molecule has 1 heterocycles. The number of hydrogen-bond acceptors (Lipinski definition) is 4. The van der Waals surface area contributed by atoms with Crippen LogP contribution in [0.2, 0.25) is 0 Å². The quantitative estimate of drug-likeness (QED) is 0.772. The van der Waals surface area contributed by atoms with E-state index in [0.29, 0.717) is 6.42 Å². The molecule has 8 heteroatoms. The van der Waals surface area contributed by atoms with Crippen molar-refractivity contribution in [3.05, 3.63) is 59.4 Å². The molecule has 1 unspecified atom stereocenters. The van der Waals surface area contributed by atoms with Crippen molar-refractivity contribution >= 4 is 5.91 Å². The van der Waals surface area contributed by atoms with Crippen LogP contribution in [0.5, 0.6) is 5.75 Å². The molecule has 0 fully saturated rings. The van der Waals surface area contributed by atoms with Gasteiger partial charge in [-0.25, -0.2) is 0 Å². The van der Waals surface area contributed by atoms with E-state index < -0.39 is 29.3 Å². The first kappa shape index (κ1) is 21.2. The molecule has 2 rings (SSSR count). The van der Waals surface area contributed by atoms with Crippen LogP contribution in [0.3, 0.4) is 0 Å². The average molecular weight is 391 g/mol. The second-order valence-electron chi connectivity index (χ2n) is 6.63. The molecule has 148 valence electrons. The fraction of sp³-hybridized carbons (Fsp3) is 0.350. The molecule has 0 aliphatic rings. The first-order valence-electron chi connectivity index (χ1n) is 8.65. The molecule has 0 saturated carbocycles. The first-order valence-corrected chi connectivity index (χ1v) is 8.65. The third kappa shape index (κ3) is 5.98. The van der Waals surface area contributed by atoms with E-state index in [4.69, 9.17) is 10.00 Å². The highest BCUT2D eigenvalue weighted by molar-refractivity contribution is 5.81. The molecular weight excluding hydrogens is 371 g/mol. The zero-order valence-electron chi connectivity index (χ0n) is 15.5. The molecule has 2 aromatic rings. The van der Waals surface area contributed by atoms with Crippen LogP contribution in [0.1, 0.15) is 37.0 Å². The van der Waals surface area contributed by atoms with Gasteiger partial charge >= 0.3 is 6.18 Å². The third-order valence-electron chi connectivity index (χ3n) is 3.89. The summed E-state index contributed by atoms with van der Waals surface area (Å²) in [5, 5.41) is 11.6. The second-order valence-corrected chi connectivity index (χ2v) is 6.63. The van der Waals surface area contributed by atoms with Crippen LogP contribution in [0.4, 0.5) is 13.2 Å². The van der Waals surface area contributed by atoms with E-state index in [1.807, 2.05) is 13.8 Å². The molecule has 28 heavy (non-hydrogen) atoms. The van der Waals surface area contributed by atoms with Gasteiger partial charge in [0.15, 0.2) is 6.10 Å². The Labute approximate surface area is 161 Å². The molecule has 0 aliphatic carbocycles. The van der Waals surface area contributed by atoms with Crippen molar-refractivity contribution in [1.82, 2.24) is 10.3 Å². The fourth-order valence-corrected chi connectivity index (χ4v) is 2.53. The van der Waals surface area contributed by atoms with Crippen LogP contribution in [-0.4, -0.2) is 17.0 Å². The van der Waals surface area contributed by atoms with Crippen molar-refractivity contribution in [3.63, 3.8) is 0 Å². The summed E-state index contributed by atoms with van der Waals surface area (Å²) in [7, 11) is 0. The monoisotopic (exact) mass is 391 g/mol. The molecular formula is C20H20F3N3O2. The zero-order chi connectivity index (χ0) is 20.7. The van der Waals surface area contributed by atoms with Crippen molar-refractivity contribution in [1.29, 1.82) is 5.26 Å². The smallest absolute Gasteiger partial charge is 0.417 e. The minimum Gasteiger partial charge on any atom is -0.481 e. The van der Waals surface area contributed by atoms with E-state index in [0.717, 1.165) is 17.7 Å². The number of ether oxygens (including phenoxy) is 1. The predicted octanol–water partition coefficient (Wildman–Crippen LogP) is 4.08. The second kappa shape index (κ2) is 9.22. The van der Waals surface area contributed by atoms with Crippen LogP contribution in [0.25, 0.3) is 0 Å². The van der Waals surface area contributed by atoms with Gasteiger partial charge in [-0.2, -0.15) is 18.4 Å². The molecule has 0 bridgehead atoms. The maximum atomic E-state index is 13.1. The van der Waals surface area contributed by atoms with E-state index in [9.17, 15) is 18.0 Å². The molecule has 1 N–H and O–H groups in total. The summed E-state index contributed by atoms with van der Waals surface area (Å²) in [5.41, 5.74) is -0.750. The summed E-state index contributed by atoms with van der Waals surface area (Å²) in [6.07, 6.45) is -2.14. The number of aromatic nitrogens is 1. The van der Waals surface area contributed by atoms with Gasteiger partial charge in [-0.3, -0.25) is 9.78 Å². The number of carbonyl (C=O) groups excluding carboxylic acids is 1. The van der Waals surface area contributed by atoms with Gasteiger partial charge < -0.3 is 10.1 Å². The lowest BCUT2D eigenvalue weighted by molar-refractivity contribution is -0.137. The molecule has 0 saturated heterocycles. The minimum absolute atomic E-state index is 0.0807. The summed E-state index contributed by atoms with van der Waals surface area (Å²) in [5.74, 6) is -0.461. The molecule has 1 aromatic heterocycles. The van der Waals surface area contributed by atoms with E-state index in [1.165, 1.54) is 12.1 Å². The molecule has 1 amide bonds. The van der Waals surface area contributed by atoms with Crippen molar-refractivity contribution in [2.24, 2.45) is 5.92 Å². The Kier molecular flexibility index (Phi) is 6.99. The van der Waals surface area contributed by atoms with Crippen LogP contribution >= 0.6 is 0 Å². The van der Waals surface area contributed by atoms with E-state index in [-0.39, 0.29) is 18.2 Å². The SMILES string of the molecule is CC(C)CC(Oc1ccc(C#N)c(C(F)(F)F)c1)C(=O)NCc1ccncc1. The summed E-state index contributed by atoms with van der Waals surface area (Å²) in [6.45, 7) is 4.01. The molecule has 1 atom stereocenters. The van der Waals surface area contributed by atoms with E-state index >= 15 is 0 Å². The number of amides is 1. The topological polar surface area (TPSA) is 75.0 Å². The Morgan fingerprint density at radius 3 is 2.50 bits per heavy atom. The summed E-state index contributed by atoms with van der Waals surface area (Å²) >= 11 is 0. The van der Waals surface area contributed by atoms with Gasteiger partial charge in [0, 0.05) is 18.9 Å². The average Bonchev–Trinajstić information content (AvgIpc) is 2.65. The molecule has 0 spiro atoms. The lowest BCUT2D eigenvalue weighted by Gasteiger charge is -2.21. The molecule has 0 aliphatic heterocycles. The van der Waals surface area contributed by atoms with Crippen molar-refractivity contribution in [2.75, 3.05) is 0 Å². The van der Waals surface area contributed by atoms with Crippen LogP contribution in [0.15, 0.2) is 42.7 Å². The number of benzene rings is 1. The maximum absolute atomic E-state index is 13.1. The normalized spacial score (nSPS) is 12.3. The van der Waals surface area contributed by atoms with E-state index in [1.54, 1.807) is 24.5 Å². The maximum Gasteiger partial charge on any atom is 0.417 e. The number of hydrogen-bond donors (Lipinski definition) is 1. The largest absolute Gasteiger partial charge is 0.481 e. The number of pyridine rings is 1. The van der Waals surface area contributed by atoms with Crippen molar-refractivity contribution < 1.29 is 22.7 Å². The predicted molar refractivity (Wildman–Crippen MR) is 96.1 cm³/mol. The third-order valence-corrected chi connectivity index (χ3v) is 3.89. The Balaban J connectivity index is 2.17. The summed E-state index contributed by atoms with van der Waals surface area (Å²) in [4.78, 5) is 16.4. The highest BCUT2D eigenvalue weighted by Gasteiger charge is 2.34. The summed E-state index contributed by atoms with van der Waals surface area (Å²) < 4.78 is 45.0. The number of nitriles is 1. The van der Waals surface area contributed by atoms with Gasteiger partial charge in [0.1, 0.15) is 5.75 Å². The number of nitrogens with one attached hydrogen (secondary N) is 1. The summed E-state index contributed by atoms with van der Waals surface area (Å²) in [6, 6.07) is 8.06. The van der Waals surface area contributed by atoms with Gasteiger partial charge in [0.25, 0.3) is 5.91 Å². The lowest BCUT2D eigenvalue weighted by atomic mass is 10.0. The number of alkyl halides is 3. The Hall–Kier alpha value is -3.08. The Bertz CT molecular complexity index is 846. The number of carbonyl (C=O) groups is 1. The molecule has 0 radical (unpaired) electrons. The minimum atomic E-state index is -4.69. The van der Waals surface area contributed by atoms with E-state index in [2.05, 4.69) is 10.3 Å². The molecule has 1 aromatic carbocycles.